The number of rotatable bonds is 4. The van der Waals surface area contributed by atoms with Crippen LogP contribution in [-0.2, 0) is 13.1 Å². The van der Waals surface area contributed by atoms with Crippen LogP contribution in [0, 0.1) is 0 Å². The SMILES string of the molecule is COc1ccc(Nc2nc3c(c(OC)n2)CNC3)cc1. The van der Waals surface area contributed by atoms with E-state index in [0.29, 0.717) is 11.8 Å². The van der Waals surface area contributed by atoms with Crippen LogP contribution in [0.25, 0.3) is 0 Å². The van der Waals surface area contributed by atoms with Gasteiger partial charge in [-0.15, -0.1) is 0 Å². The second kappa shape index (κ2) is 5.34. The molecule has 2 aromatic rings. The molecule has 0 bridgehead atoms. The van der Waals surface area contributed by atoms with Crippen molar-refractivity contribution in [1.82, 2.24) is 15.3 Å². The standard InChI is InChI=1S/C14H16N4O2/c1-19-10-5-3-9(4-6-10)16-14-17-12-8-15-7-11(12)13(18-14)20-2/h3-6,15H,7-8H2,1-2H3,(H,16,17,18). The summed E-state index contributed by atoms with van der Waals surface area (Å²) in [6, 6.07) is 7.60. The molecule has 0 radical (unpaired) electrons. The molecule has 0 saturated carbocycles. The highest BCUT2D eigenvalue weighted by atomic mass is 16.5. The summed E-state index contributed by atoms with van der Waals surface area (Å²) in [7, 11) is 3.27. The van der Waals surface area contributed by atoms with Crippen molar-refractivity contribution in [2.24, 2.45) is 0 Å². The molecule has 6 heteroatoms. The Morgan fingerprint density at radius 1 is 1.05 bits per heavy atom. The van der Waals surface area contributed by atoms with Gasteiger partial charge >= 0.3 is 0 Å². The minimum atomic E-state index is 0.537. The molecule has 0 aliphatic carbocycles. The van der Waals surface area contributed by atoms with Gasteiger partial charge in [-0.1, -0.05) is 0 Å². The first-order valence-corrected chi connectivity index (χ1v) is 6.35. The van der Waals surface area contributed by atoms with E-state index in [9.17, 15) is 0 Å². The van der Waals surface area contributed by atoms with Crippen LogP contribution in [0.2, 0.25) is 0 Å². The Bertz CT molecular complexity index is 613. The first-order valence-electron chi connectivity index (χ1n) is 6.35. The minimum Gasteiger partial charge on any atom is -0.497 e. The molecule has 2 N–H and O–H groups in total. The summed E-state index contributed by atoms with van der Waals surface area (Å²) in [6.07, 6.45) is 0. The summed E-state index contributed by atoms with van der Waals surface area (Å²) < 4.78 is 10.4. The summed E-state index contributed by atoms with van der Waals surface area (Å²) in [5.41, 5.74) is 2.92. The van der Waals surface area contributed by atoms with E-state index >= 15 is 0 Å². The van der Waals surface area contributed by atoms with E-state index in [2.05, 4.69) is 20.6 Å². The van der Waals surface area contributed by atoms with Crippen LogP contribution in [0.4, 0.5) is 11.6 Å². The maximum absolute atomic E-state index is 5.32. The zero-order valence-electron chi connectivity index (χ0n) is 11.4. The summed E-state index contributed by atoms with van der Waals surface area (Å²) in [4.78, 5) is 8.89. The van der Waals surface area contributed by atoms with E-state index in [0.717, 1.165) is 35.8 Å². The van der Waals surface area contributed by atoms with E-state index in [-0.39, 0.29) is 0 Å². The molecule has 0 atom stereocenters. The van der Waals surface area contributed by atoms with Gasteiger partial charge in [0.25, 0.3) is 0 Å². The normalized spacial score (nSPS) is 12.9. The molecule has 104 valence electrons. The van der Waals surface area contributed by atoms with Crippen LogP contribution < -0.4 is 20.1 Å². The van der Waals surface area contributed by atoms with Gasteiger partial charge in [-0.2, -0.15) is 4.98 Å². The third-order valence-corrected chi connectivity index (χ3v) is 3.19. The highest BCUT2D eigenvalue weighted by molar-refractivity contribution is 5.56. The number of benzene rings is 1. The predicted molar refractivity (Wildman–Crippen MR) is 75.4 cm³/mol. The lowest BCUT2D eigenvalue weighted by molar-refractivity contribution is 0.392. The zero-order valence-corrected chi connectivity index (χ0v) is 11.4. The molecule has 6 nitrogen and oxygen atoms in total. The Morgan fingerprint density at radius 3 is 2.55 bits per heavy atom. The van der Waals surface area contributed by atoms with Crippen molar-refractivity contribution in [3.63, 3.8) is 0 Å². The van der Waals surface area contributed by atoms with E-state index in [4.69, 9.17) is 9.47 Å². The predicted octanol–water partition coefficient (Wildman–Crippen LogP) is 1.84. The molecule has 0 unspecified atom stereocenters. The fourth-order valence-corrected chi connectivity index (χ4v) is 2.17. The molecule has 0 amide bonds. The van der Waals surface area contributed by atoms with Crippen LogP contribution in [0.1, 0.15) is 11.3 Å². The number of hydrogen-bond donors (Lipinski definition) is 2. The number of nitrogens with zero attached hydrogens (tertiary/aromatic N) is 2. The van der Waals surface area contributed by atoms with Gasteiger partial charge in [0.1, 0.15) is 5.75 Å². The summed E-state index contributed by atoms with van der Waals surface area (Å²) in [5.74, 6) is 1.97. The van der Waals surface area contributed by atoms with Crippen molar-refractivity contribution in [1.29, 1.82) is 0 Å². The Labute approximate surface area is 117 Å². The topological polar surface area (TPSA) is 68.3 Å². The number of fused-ring (bicyclic) bond motifs is 1. The first kappa shape index (κ1) is 12.7. The molecule has 1 aromatic carbocycles. The smallest absolute Gasteiger partial charge is 0.230 e. The average Bonchev–Trinajstić information content (AvgIpc) is 2.95. The molecule has 1 aromatic heterocycles. The zero-order chi connectivity index (χ0) is 13.9. The lowest BCUT2D eigenvalue weighted by Gasteiger charge is -2.10. The Morgan fingerprint density at radius 2 is 1.85 bits per heavy atom. The summed E-state index contributed by atoms with van der Waals surface area (Å²) in [6.45, 7) is 1.49. The van der Waals surface area contributed by atoms with Crippen molar-refractivity contribution in [2.75, 3.05) is 19.5 Å². The van der Waals surface area contributed by atoms with E-state index in [1.165, 1.54) is 0 Å². The Balaban J connectivity index is 1.86. The number of ether oxygens (including phenoxy) is 2. The second-order valence-corrected chi connectivity index (χ2v) is 4.44. The van der Waals surface area contributed by atoms with Gasteiger partial charge in [-0.3, -0.25) is 0 Å². The molecule has 1 aliphatic heterocycles. The molecular weight excluding hydrogens is 256 g/mol. The fraction of sp³-hybridized carbons (Fsp3) is 0.286. The maximum Gasteiger partial charge on any atom is 0.230 e. The number of nitrogens with one attached hydrogen (secondary N) is 2. The third kappa shape index (κ3) is 2.37. The van der Waals surface area contributed by atoms with Gasteiger partial charge in [0.2, 0.25) is 11.8 Å². The van der Waals surface area contributed by atoms with Crippen molar-refractivity contribution < 1.29 is 9.47 Å². The molecule has 0 spiro atoms. The molecule has 20 heavy (non-hydrogen) atoms. The van der Waals surface area contributed by atoms with Crippen LogP contribution in [0.3, 0.4) is 0 Å². The van der Waals surface area contributed by atoms with E-state index in [1.54, 1.807) is 14.2 Å². The van der Waals surface area contributed by atoms with Gasteiger partial charge in [0.15, 0.2) is 0 Å². The van der Waals surface area contributed by atoms with Gasteiger partial charge in [0, 0.05) is 18.8 Å². The molecule has 0 fully saturated rings. The van der Waals surface area contributed by atoms with Gasteiger partial charge in [-0.25, -0.2) is 4.98 Å². The highest BCUT2D eigenvalue weighted by Crippen LogP contribution is 2.26. The van der Waals surface area contributed by atoms with Crippen LogP contribution in [0.5, 0.6) is 11.6 Å². The molecule has 0 saturated heterocycles. The summed E-state index contributed by atoms with van der Waals surface area (Å²) >= 11 is 0. The minimum absolute atomic E-state index is 0.537. The number of anilines is 2. The van der Waals surface area contributed by atoms with Crippen molar-refractivity contribution >= 4 is 11.6 Å². The molecular formula is C14H16N4O2. The van der Waals surface area contributed by atoms with Crippen LogP contribution in [-0.4, -0.2) is 24.2 Å². The van der Waals surface area contributed by atoms with Crippen molar-refractivity contribution in [2.45, 2.75) is 13.1 Å². The monoisotopic (exact) mass is 272 g/mol. The second-order valence-electron chi connectivity index (χ2n) is 4.44. The van der Waals surface area contributed by atoms with Gasteiger partial charge in [0.05, 0.1) is 25.5 Å². The van der Waals surface area contributed by atoms with E-state index in [1.807, 2.05) is 24.3 Å². The fourth-order valence-electron chi connectivity index (χ4n) is 2.17. The van der Waals surface area contributed by atoms with Gasteiger partial charge < -0.3 is 20.1 Å². The maximum atomic E-state index is 5.32. The number of methoxy groups -OCH3 is 2. The van der Waals surface area contributed by atoms with Crippen LogP contribution >= 0.6 is 0 Å². The largest absolute Gasteiger partial charge is 0.497 e. The molecule has 2 heterocycles. The van der Waals surface area contributed by atoms with Crippen LogP contribution in [0.15, 0.2) is 24.3 Å². The number of aromatic nitrogens is 2. The number of hydrogen-bond acceptors (Lipinski definition) is 6. The van der Waals surface area contributed by atoms with Crippen molar-refractivity contribution in [3.05, 3.63) is 35.5 Å². The average molecular weight is 272 g/mol. The molecule has 3 rings (SSSR count). The van der Waals surface area contributed by atoms with E-state index < -0.39 is 0 Å². The lowest BCUT2D eigenvalue weighted by atomic mass is 10.2. The highest BCUT2D eigenvalue weighted by Gasteiger charge is 2.19. The van der Waals surface area contributed by atoms with Gasteiger partial charge in [-0.05, 0) is 24.3 Å². The lowest BCUT2D eigenvalue weighted by Crippen LogP contribution is -2.03. The summed E-state index contributed by atoms with van der Waals surface area (Å²) in [5, 5.41) is 6.42. The third-order valence-electron chi connectivity index (χ3n) is 3.19. The quantitative estimate of drug-likeness (QED) is 0.885. The first-order chi connectivity index (χ1) is 9.80. The van der Waals surface area contributed by atoms with Crippen molar-refractivity contribution in [3.8, 4) is 11.6 Å². The molecule has 1 aliphatic rings. The Kier molecular flexibility index (Phi) is 3.39. The Hall–Kier alpha value is -2.34.